The van der Waals surface area contributed by atoms with Crippen molar-refractivity contribution < 1.29 is 24.2 Å². The van der Waals surface area contributed by atoms with Crippen LogP contribution in [0.3, 0.4) is 0 Å². The van der Waals surface area contributed by atoms with Gasteiger partial charge in [0.05, 0.1) is 30.9 Å². The van der Waals surface area contributed by atoms with Crippen molar-refractivity contribution in [3.63, 3.8) is 0 Å². The standard InChI is InChI=1S/C29H29NO5/c1-18(2)17-35-21-15-13-20(14-16-21)30-26(22-10-6-5-9-19(22)3)25(28(32)29(30)33)27(31)23-11-7-8-12-24(23)34-4/h5-16,18,26,31H,17H2,1-4H3/b27-25+. The molecule has 1 aliphatic heterocycles. The number of ether oxygens (including phenoxy) is 2. The number of hydrogen-bond donors (Lipinski definition) is 1. The van der Waals surface area contributed by atoms with E-state index in [9.17, 15) is 14.7 Å². The van der Waals surface area contributed by atoms with Crippen molar-refractivity contribution in [2.24, 2.45) is 5.92 Å². The molecule has 0 aliphatic carbocycles. The number of carbonyl (C=O) groups is 2. The molecule has 4 rings (SSSR count). The molecule has 180 valence electrons. The van der Waals surface area contributed by atoms with Gasteiger partial charge in [0.25, 0.3) is 11.7 Å². The summed E-state index contributed by atoms with van der Waals surface area (Å²) < 4.78 is 11.2. The minimum atomic E-state index is -0.802. The minimum absolute atomic E-state index is 0.0222. The lowest BCUT2D eigenvalue weighted by molar-refractivity contribution is -0.132. The maximum absolute atomic E-state index is 13.4. The Balaban J connectivity index is 1.87. The van der Waals surface area contributed by atoms with Crippen LogP contribution in [-0.2, 0) is 9.59 Å². The average molecular weight is 472 g/mol. The monoisotopic (exact) mass is 471 g/mol. The summed E-state index contributed by atoms with van der Waals surface area (Å²) in [6.07, 6.45) is 0. The summed E-state index contributed by atoms with van der Waals surface area (Å²) >= 11 is 0. The minimum Gasteiger partial charge on any atom is -0.507 e. The van der Waals surface area contributed by atoms with Gasteiger partial charge in [0.2, 0.25) is 0 Å². The van der Waals surface area contributed by atoms with Crippen molar-refractivity contribution >= 4 is 23.1 Å². The van der Waals surface area contributed by atoms with Gasteiger partial charge in [0.1, 0.15) is 17.3 Å². The summed E-state index contributed by atoms with van der Waals surface area (Å²) in [7, 11) is 1.49. The predicted octanol–water partition coefficient (Wildman–Crippen LogP) is 5.66. The Labute approximate surface area is 205 Å². The average Bonchev–Trinajstić information content (AvgIpc) is 3.13. The number of benzene rings is 3. The molecule has 1 aliphatic rings. The molecule has 3 aromatic carbocycles. The van der Waals surface area contributed by atoms with Crippen LogP contribution < -0.4 is 14.4 Å². The van der Waals surface area contributed by atoms with Gasteiger partial charge in [-0.15, -0.1) is 0 Å². The summed E-state index contributed by atoms with van der Waals surface area (Å²) in [6, 6.07) is 20.7. The summed E-state index contributed by atoms with van der Waals surface area (Å²) in [6.45, 7) is 6.63. The Hall–Kier alpha value is -4.06. The Morgan fingerprint density at radius 1 is 0.971 bits per heavy atom. The number of hydrogen-bond acceptors (Lipinski definition) is 5. The molecule has 0 bridgehead atoms. The highest BCUT2D eigenvalue weighted by Crippen LogP contribution is 2.44. The predicted molar refractivity (Wildman–Crippen MR) is 136 cm³/mol. The van der Waals surface area contributed by atoms with E-state index in [1.165, 1.54) is 12.0 Å². The van der Waals surface area contributed by atoms with Crippen LogP contribution >= 0.6 is 0 Å². The van der Waals surface area contributed by atoms with Gasteiger partial charge in [0.15, 0.2) is 0 Å². The lowest BCUT2D eigenvalue weighted by Gasteiger charge is -2.27. The Kier molecular flexibility index (Phi) is 6.92. The molecule has 35 heavy (non-hydrogen) atoms. The number of aliphatic hydroxyl groups excluding tert-OH is 1. The molecular weight excluding hydrogens is 442 g/mol. The number of para-hydroxylation sites is 1. The summed E-state index contributed by atoms with van der Waals surface area (Å²) in [5, 5.41) is 11.4. The third kappa shape index (κ3) is 4.64. The Bertz CT molecular complexity index is 1280. The maximum Gasteiger partial charge on any atom is 0.300 e. The molecule has 6 heteroatoms. The first-order valence-corrected chi connectivity index (χ1v) is 11.6. The van der Waals surface area contributed by atoms with Gasteiger partial charge in [-0.05, 0) is 60.4 Å². The lowest BCUT2D eigenvalue weighted by atomic mass is 9.92. The molecule has 0 spiro atoms. The maximum atomic E-state index is 13.4. The molecular formula is C29H29NO5. The van der Waals surface area contributed by atoms with Crippen LogP contribution in [0.15, 0.2) is 78.4 Å². The molecule has 1 amide bonds. The van der Waals surface area contributed by atoms with Crippen molar-refractivity contribution in [1.29, 1.82) is 0 Å². The van der Waals surface area contributed by atoms with E-state index >= 15 is 0 Å². The SMILES string of the molecule is COc1ccccc1/C(O)=C1\C(=O)C(=O)N(c2ccc(OCC(C)C)cc2)C1c1ccccc1C. The van der Waals surface area contributed by atoms with E-state index in [1.54, 1.807) is 48.5 Å². The van der Waals surface area contributed by atoms with Crippen molar-refractivity contribution in [1.82, 2.24) is 0 Å². The second-order valence-electron chi connectivity index (χ2n) is 8.92. The highest BCUT2D eigenvalue weighted by atomic mass is 16.5. The van der Waals surface area contributed by atoms with E-state index < -0.39 is 17.7 Å². The largest absolute Gasteiger partial charge is 0.507 e. The molecule has 0 aromatic heterocycles. The fourth-order valence-corrected chi connectivity index (χ4v) is 4.24. The number of methoxy groups -OCH3 is 1. The molecule has 0 saturated carbocycles. The second-order valence-corrected chi connectivity index (χ2v) is 8.92. The third-order valence-corrected chi connectivity index (χ3v) is 5.99. The van der Waals surface area contributed by atoms with Crippen LogP contribution in [0.1, 0.15) is 36.6 Å². The molecule has 1 unspecified atom stereocenters. The van der Waals surface area contributed by atoms with Gasteiger partial charge < -0.3 is 14.6 Å². The van der Waals surface area contributed by atoms with Crippen LogP contribution in [0.5, 0.6) is 11.5 Å². The fourth-order valence-electron chi connectivity index (χ4n) is 4.24. The number of ketones is 1. The fraction of sp³-hybridized carbons (Fsp3) is 0.241. The number of carbonyl (C=O) groups excluding carboxylic acids is 2. The molecule has 1 saturated heterocycles. The third-order valence-electron chi connectivity index (χ3n) is 5.99. The van der Waals surface area contributed by atoms with Crippen LogP contribution in [0, 0.1) is 12.8 Å². The molecule has 1 fully saturated rings. The van der Waals surface area contributed by atoms with E-state index in [0.29, 0.717) is 35.3 Å². The highest BCUT2D eigenvalue weighted by molar-refractivity contribution is 6.51. The van der Waals surface area contributed by atoms with E-state index in [1.807, 2.05) is 31.2 Å². The van der Waals surface area contributed by atoms with Crippen molar-refractivity contribution in [2.45, 2.75) is 26.8 Å². The number of aryl methyl sites for hydroxylation is 1. The first kappa shape index (κ1) is 24.1. The number of nitrogens with zero attached hydrogens (tertiary/aromatic N) is 1. The number of amides is 1. The molecule has 1 atom stereocenters. The second kappa shape index (κ2) is 10.1. The van der Waals surface area contributed by atoms with Crippen molar-refractivity contribution in [3.05, 3.63) is 95.1 Å². The molecule has 6 nitrogen and oxygen atoms in total. The lowest BCUT2D eigenvalue weighted by Crippen LogP contribution is -2.29. The molecule has 1 N–H and O–H groups in total. The highest BCUT2D eigenvalue weighted by Gasteiger charge is 2.47. The van der Waals surface area contributed by atoms with Crippen molar-refractivity contribution in [2.75, 3.05) is 18.6 Å². The Morgan fingerprint density at radius 3 is 2.29 bits per heavy atom. The van der Waals surface area contributed by atoms with Gasteiger partial charge in [-0.2, -0.15) is 0 Å². The normalized spacial score (nSPS) is 17.2. The zero-order chi connectivity index (χ0) is 25.1. The zero-order valence-electron chi connectivity index (χ0n) is 20.3. The van der Waals surface area contributed by atoms with Gasteiger partial charge >= 0.3 is 0 Å². The van der Waals surface area contributed by atoms with Gasteiger partial charge in [-0.1, -0.05) is 50.2 Å². The number of Topliss-reactive ketones (excluding diaryl/α,β-unsaturated/α-hetero) is 1. The van der Waals surface area contributed by atoms with E-state index in [4.69, 9.17) is 9.47 Å². The van der Waals surface area contributed by atoms with Crippen LogP contribution in [0.2, 0.25) is 0 Å². The topological polar surface area (TPSA) is 76.1 Å². The van der Waals surface area contributed by atoms with E-state index in [2.05, 4.69) is 13.8 Å². The van der Waals surface area contributed by atoms with Gasteiger partial charge in [0, 0.05) is 5.69 Å². The van der Waals surface area contributed by atoms with Crippen LogP contribution in [0.25, 0.3) is 5.76 Å². The molecule has 3 aromatic rings. The number of anilines is 1. The Morgan fingerprint density at radius 2 is 1.63 bits per heavy atom. The van der Waals surface area contributed by atoms with Gasteiger partial charge in [-0.3, -0.25) is 14.5 Å². The van der Waals surface area contributed by atoms with Crippen molar-refractivity contribution in [3.8, 4) is 11.5 Å². The smallest absolute Gasteiger partial charge is 0.300 e. The number of aliphatic hydroxyl groups is 1. The van der Waals surface area contributed by atoms with Crippen LogP contribution in [-0.4, -0.2) is 30.5 Å². The molecule has 1 heterocycles. The van der Waals surface area contributed by atoms with E-state index in [0.717, 1.165) is 11.1 Å². The summed E-state index contributed by atoms with van der Waals surface area (Å²) in [5.74, 6) is -0.254. The summed E-state index contributed by atoms with van der Waals surface area (Å²) in [4.78, 5) is 28.2. The number of rotatable bonds is 7. The van der Waals surface area contributed by atoms with E-state index in [-0.39, 0.29) is 11.3 Å². The first-order chi connectivity index (χ1) is 16.8. The quantitative estimate of drug-likeness (QED) is 0.273. The first-order valence-electron chi connectivity index (χ1n) is 11.6. The molecule has 0 radical (unpaired) electrons. The van der Waals surface area contributed by atoms with Crippen LogP contribution in [0.4, 0.5) is 5.69 Å². The zero-order valence-corrected chi connectivity index (χ0v) is 20.3. The summed E-state index contributed by atoms with van der Waals surface area (Å²) in [5.41, 5.74) is 2.56. The van der Waals surface area contributed by atoms with Gasteiger partial charge in [-0.25, -0.2) is 0 Å².